The summed E-state index contributed by atoms with van der Waals surface area (Å²) < 4.78 is 31.8. The van der Waals surface area contributed by atoms with Crippen molar-refractivity contribution >= 4 is 15.9 Å². The summed E-state index contributed by atoms with van der Waals surface area (Å²) in [6.07, 6.45) is 2.02. The molecule has 7 heteroatoms. The zero-order valence-corrected chi connectivity index (χ0v) is 12.8. The molecule has 1 saturated heterocycles. The van der Waals surface area contributed by atoms with E-state index >= 15 is 0 Å². The third kappa shape index (κ3) is 3.36. The lowest BCUT2D eigenvalue weighted by molar-refractivity contribution is -0.122. The number of hydrogen-bond donors (Lipinski definition) is 1. The number of ether oxygens (including phenoxy) is 1. The van der Waals surface area contributed by atoms with E-state index in [2.05, 4.69) is 0 Å². The molecule has 0 unspecified atom stereocenters. The van der Waals surface area contributed by atoms with E-state index in [9.17, 15) is 13.2 Å². The Labute approximate surface area is 124 Å². The summed E-state index contributed by atoms with van der Waals surface area (Å²) in [5.74, 6) is 0.0192. The number of nitrogens with zero attached hydrogens (tertiary/aromatic N) is 1. The second-order valence-electron chi connectivity index (χ2n) is 4.93. The van der Waals surface area contributed by atoms with Gasteiger partial charge < -0.3 is 10.5 Å². The van der Waals surface area contributed by atoms with Gasteiger partial charge in [0.25, 0.3) is 0 Å². The topological polar surface area (TPSA) is 89.7 Å². The number of amides is 1. The summed E-state index contributed by atoms with van der Waals surface area (Å²) in [6.45, 7) is 2.70. The Balaban J connectivity index is 2.29. The highest BCUT2D eigenvalue weighted by Gasteiger charge is 2.36. The van der Waals surface area contributed by atoms with Crippen molar-refractivity contribution in [1.29, 1.82) is 0 Å². The molecule has 6 nitrogen and oxygen atoms in total. The lowest BCUT2D eigenvalue weighted by atomic mass is 10.0. The first-order valence-corrected chi connectivity index (χ1v) is 8.45. The molecule has 1 heterocycles. The highest BCUT2D eigenvalue weighted by Crippen LogP contribution is 2.26. The molecule has 0 bridgehead atoms. The zero-order valence-electron chi connectivity index (χ0n) is 12.0. The maximum Gasteiger partial charge on any atom is 0.243 e. The van der Waals surface area contributed by atoms with Gasteiger partial charge in [0.05, 0.1) is 11.5 Å². The van der Waals surface area contributed by atoms with Crippen LogP contribution in [0.3, 0.4) is 0 Å². The second-order valence-corrected chi connectivity index (χ2v) is 6.82. The highest BCUT2D eigenvalue weighted by molar-refractivity contribution is 7.89. The smallest absolute Gasteiger partial charge is 0.243 e. The number of rotatable bonds is 5. The fourth-order valence-corrected chi connectivity index (χ4v) is 4.15. The van der Waals surface area contributed by atoms with Gasteiger partial charge in [-0.05, 0) is 44.0 Å². The Bertz CT molecular complexity index is 598. The molecule has 1 aliphatic heterocycles. The van der Waals surface area contributed by atoms with E-state index in [4.69, 9.17) is 10.5 Å². The first kappa shape index (κ1) is 15.8. The molecule has 1 amide bonds. The van der Waals surface area contributed by atoms with Crippen LogP contribution < -0.4 is 10.5 Å². The van der Waals surface area contributed by atoms with E-state index in [1.807, 2.05) is 6.92 Å². The molecule has 1 aromatic carbocycles. The van der Waals surface area contributed by atoms with Crippen LogP contribution >= 0.6 is 0 Å². The molecule has 1 aromatic rings. The van der Waals surface area contributed by atoms with E-state index < -0.39 is 22.0 Å². The van der Waals surface area contributed by atoms with E-state index in [0.717, 1.165) is 12.8 Å². The molecule has 0 radical (unpaired) electrons. The van der Waals surface area contributed by atoms with Crippen LogP contribution in [0, 0.1) is 0 Å². The van der Waals surface area contributed by atoms with Crippen molar-refractivity contribution in [2.75, 3.05) is 13.2 Å². The van der Waals surface area contributed by atoms with E-state index in [0.29, 0.717) is 25.3 Å². The van der Waals surface area contributed by atoms with Gasteiger partial charge in [-0.1, -0.05) is 6.42 Å². The summed E-state index contributed by atoms with van der Waals surface area (Å²) in [5, 5.41) is 0. The highest BCUT2D eigenvalue weighted by atomic mass is 32.2. The van der Waals surface area contributed by atoms with Gasteiger partial charge in [0.2, 0.25) is 15.9 Å². The maximum absolute atomic E-state index is 12.6. The van der Waals surface area contributed by atoms with Crippen molar-refractivity contribution in [2.24, 2.45) is 5.73 Å². The fraction of sp³-hybridized carbons (Fsp3) is 0.500. The van der Waals surface area contributed by atoms with Crippen LogP contribution in [0.4, 0.5) is 0 Å². The minimum Gasteiger partial charge on any atom is -0.494 e. The lowest BCUT2D eigenvalue weighted by Gasteiger charge is -2.32. The van der Waals surface area contributed by atoms with Crippen molar-refractivity contribution in [3.63, 3.8) is 0 Å². The number of carbonyl (C=O) groups excluding carboxylic acids is 1. The van der Waals surface area contributed by atoms with Crippen LogP contribution in [0.25, 0.3) is 0 Å². The van der Waals surface area contributed by atoms with Gasteiger partial charge in [-0.2, -0.15) is 4.31 Å². The number of benzene rings is 1. The van der Waals surface area contributed by atoms with Crippen molar-refractivity contribution in [3.05, 3.63) is 24.3 Å². The van der Waals surface area contributed by atoms with Gasteiger partial charge in [-0.3, -0.25) is 4.79 Å². The average Bonchev–Trinajstić information content (AvgIpc) is 2.48. The molecule has 2 N–H and O–H groups in total. The minimum atomic E-state index is -3.71. The molecule has 1 aliphatic rings. The van der Waals surface area contributed by atoms with Gasteiger partial charge in [0, 0.05) is 6.54 Å². The van der Waals surface area contributed by atoms with Gasteiger partial charge in [0.15, 0.2) is 0 Å². The third-order valence-electron chi connectivity index (χ3n) is 3.52. The molecule has 2 rings (SSSR count). The lowest BCUT2D eigenvalue weighted by Crippen LogP contribution is -2.50. The van der Waals surface area contributed by atoms with Crippen molar-refractivity contribution in [1.82, 2.24) is 4.31 Å². The molecule has 0 aliphatic carbocycles. The first-order valence-electron chi connectivity index (χ1n) is 7.01. The van der Waals surface area contributed by atoms with E-state index in [1.54, 1.807) is 12.1 Å². The molecule has 0 aromatic heterocycles. The SMILES string of the molecule is CCOc1ccc(S(=O)(=O)N2CCCC[C@@H]2C(N)=O)cc1. The molecule has 1 atom stereocenters. The second kappa shape index (κ2) is 6.44. The quantitative estimate of drug-likeness (QED) is 0.882. The fourth-order valence-electron chi connectivity index (χ4n) is 2.49. The molecule has 0 spiro atoms. The summed E-state index contributed by atoms with van der Waals surface area (Å²) in [7, 11) is -3.71. The molecular formula is C14H20N2O4S. The average molecular weight is 312 g/mol. The van der Waals surface area contributed by atoms with Crippen molar-refractivity contribution in [2.45, 2.75) is 37.1 Å². The van der Waals surface area contributed by atoms with Crippen molar-refractivity contribution < 1.29 is 17.9 Å². The number of carbonyl (C=O) groups is 1. The standard InChI is InChI=1S/C14H20N2O4S/c1-2-20-11-6-8-12(9-7-11)21(18,19)16-10-4-3-5-13(16)14(15)17/h6-9,13H,2-5,10H2,1H3,(H2,15,17)/t13-/m1/s1. The molecule has 1 fully saturated rings. The van der Waals surface area contributed by atoms with Gasteiger partial charge in [-0.25, -0.2) is 8.42 Å². The molecule has 21 heavy (non-hydrogen) atoms. The predicted molar refractivity (Wildman–Crippen MR) is 78.3 cm³/mol. The third-order valence-corrected chi connectivity index (χ3v) is 5.45. The summed E-state index contributed by atoms with van der Waals surface area (Å²) in [4.78, 5) is 11.6. The van der Waals surface area contributed by atoms with E-state index in [-0.39, 0.29) is 4.90 Å². The monoisotopic (exact) mass is 312 g/mol. The van der Waals surface area contributed by atoms with E-state index in [1.165, 1.54) is 16.4 Å². The largest absolute Gasteiger partial charge is 0.494 e. The van der Waals surface area contributed by atoms with Gasteiger partial charge in [0.1, 0.15) is 11.8 Å². The minimum absolute atomic E-state index is 0.152. The first-order chi connectivity index (χ1) is 9.96. The zero-order chi connectivity index (χ0) is 15.5. The number of piperidine rings is 1. The number of nitrogens with two attached hydrogens (primary N) is 1. The Kier molecular flexibility index (Phi) is 4.84. The van der Waals surface area contributed by atoms with Crippen LogP contribution in [0.1, 0.15) is 26.2 Å². The predicted octanol–water partition coefficient (Wildman–Crippen LogP) is 1.11. The Morgan fingerprint density at radius 1 is 1.33 bits per heavy atom. The van der Waals surface area contributed by atoms with Gasteiger partial charge in [-0.15, -0.1) is 0 Å². The molecular weight excluding hydrogens is 292 g/mol. The number of hydrogen-bond acceptors (Lipinski definition) is 4. The Morgan fingerprint density at radius 2 is 2.00 bits per heavy atom. The number of sulfonamides is 1. The van der Waals surface area contributed by atoms with Crippen LogP contribution in [0.15, 0.2) is 29.2 Å². The van der Waals surface area contributed by atoms with Crippen molar-refractivity contribution in [3.8, 4) is 5.75 Å². The van der Waals surface area contributed by atoms with Crippen LogP contribution in [-0.4, -0.2) is 37.8 Å². The van der Waals surface area contributed by atoms with Crippen LogP contribution in [0.5, 0.6) is 5.75 Å². The summed E-state index contributed by atoms with van der Waals surface area (Å²) in [6, 6.07) is 5.45. The summed E-state index contributed by atoms with van der Waals surface area (Å²) >= 11 is 0. The Hall–Kier alpha value is -1.60. The van der Waals surface area contributed by atoms with Crippen LogP contribution in [-0.2, 0) is 14.8 Å². The normalized spacial score (nSPS) is 20.1. The van der Waals surface area contributed by atoms with Gasteiger partial charge >= 0.3 is 0 Å². The molecule has 116 valence electrons. The van der Waals surface area contributed by atoms with Crippen LogP contribution in [0.2, 0.25) is 0 Å². The summed E-state index contributed by atoms with van der Waals surface area (Å²) in [5.41, 5.74) is 5.33. The maximum atomic E-state index is 12.6. The Morgan fingerprint density at radius 3 is 2.57 bits per heavy atom. The number of primary amides is 1. The molecule has 0 saturated carbocycles.